The summed E-state index contributed by atoms with van der Waals surface area (Å²) in [5, 5.41) is 2.71. The van der Waals surface area contributed by atoms with Gasteiger partial charge in [0, 0.05) is 16.6 Å². The van der Waals surface area contributed by atoms with Crippen molar-refractivity contribution in [3.8, 4) is 0 Å². The summed E-state index contributed by atoms with van der Waals surface area (Å²) in [4.78, 5) is 23.1. The number of rotatable bonds is 4. The predicted octanol–water partition coefficient (Wildman–Crippen LogP) is 2.46. The van der Waals surface area contributed by atoms with E-state index in [4.69, 9.17) is 0 Å². The summed E-state index contributed by atoms with van der Waals surface area (Å²) in [6.07, 6.45) is 0. The first-order valence-electron chi connectivity index (χ1n) is 5.22. The number of carbonyl (C=O) groups excluding carboxylic acids is 2. The molecule has 0 spiro atoms. The van der Waals surface area contributed by atoms with Crippen molar-refractivity contribution in [2.75, 3.05) is 13.7 Å². The smallest absolute Gasteiger partial charge is 0.320 e. The van der Waals surface area contributed by atoms with Crippen LogP contribution >= 0.6 is 38.5 Å². The molecule has 0 saturated heterocycles. The molecule has 0 aliphatic heterocycles. The van der Waals surface area contributed by atoms with Gasteiger partial charge in [-0.2, -0.15) is 0 Å². The van der Waals surface area contributed by atoms with E-state index in [1.807, 2.05) is 35.6 Å². The van der Waals surface area contributed by atoms with Crippen molar-refractivity contribution in [2.24, 2.45) is 0 Å². The molecule has 6 heteroatoms. The largest absolute Gasteiger partial charge is 0.468 e. The molecule has 0 aromatic heterocycles. The van der Waals surface area contributed by atoms with Gasteiger partial charge in [-0.05, 0) is 24.6 Å². The van der Waals surface area contributed by atoms with Crippen molar-refractivity contribution in [1.29, 1.82) is 0 Å². The first-order valence-corrected chi connectivity index (χ1v) is 7.26. The number of ether oxygens (including phenoxy) is 1. The van der Waals surface area contributed by atoms with Gasteiger partial charge in [0.05, 0.1) is 7.11 Å². The monoisotopic (exact) mass is 425 g/mol. The van der Waals surface area contributed by atoms with Crippen LogP contribution in [0.1, 0.15) is 15.9 Å². The highest BCUT2D eigenvalue weighted by molar-refractivity contribution is 14.1. The molecule has 1 N–H and O–H groups in total. The van der Waals surface area contributed by atoms with Gasteiger partial charge in [0.2, 0.25) is 0 Å². The third kappa shape index (κ3) is 3.94. The molecular formula is C12H13BrINO3. The van der Waals surface area contributed by atoms with E-state index in [-0.39, 0.29) is 22.3 Å². The molecule has 1 rings (SSSR count). The lowest BCUT2D eigenvalue weighted by molar-refractivity contribution is -0.139. The molecule has 1 unspecified atom stereocenters. The molecule has 0 bridgehead atoms. The number of esters is 1. The maximum atomic E-state index is 11.9. The van der Waals surface area contributed by atoms with Crippen LogP contribution in [0.5, 0.6) is 0 Å². The molecule has 1 aromatic rings. The molecule has 0 saturated carbocycles. The Morgan fingerprint density at radius 3 is 2.78 bits per heavy atom. The zero-order valence-corrected chi connectivity index (χ0v) is 13.7. The van der Waals surface area contributed by atoms with Gasteiger partial charge >= 0.3 is 5.97 Å². The van der Waals surface area contributed by atoms with E-state index in [1.165, 1.54) is 7.11 Å². The van der Waals surface area contributed by atoms with Crippen molar-refractivity contribution < 1.29 is 14.3 Å². The van der Waals surface area contributed by atoms with E-state index in [0.717, 1.165) is 10.0 Å². The van der Waals surface area contributed by atoms with Gasteiger partial charge in [-0.1, -0.05) is 44.6 Å². The number of benzene rings is 1. The van der Waals surface area contributed by atoms with Gasteiger partial charge in [-0.3, -0.25) is 9.59 Å². The van der Waals surface area contributed by atoms with Crippen LogP contribution in [0.15, 0.2) is 22.7 Å². The molecule has 1 atom stereocenters. The minimum absolute atomic E-state index is 0.195. The summed E-state index contributed by atoms with van der Waals surface area (Å²) in [5.74, 6) is -0.541. The number of methoxy groups -OCH3 is 1. The van der Waals surface area contributed by atoms with Crippen molar-refractivity contribution in [1.82, 2.24) is 5.32 Å². The van der Waals surface area contributed by atoms with E-state index in [9.17, 15) is 9.59 Å². The second-order valence-electron chi connectivity index (χ2n) is 3.61. The Kier molecular flexibility index (Phi) is 6.07. The Morgan fingerprint density at radius 2 is 2.17 bits per heavy atom. The van der Waals surface area contributed by atoms with Crippen LogP contribution in [-0.4, -0.2) is 29.5 Å². The van der Waals surface area contributed by atoms with Gasteiger partial charge in [-0.15, -0.1) is 0 Å². The minimum Gasteiger partial charge on any atom is -0.468 e. The zero-order chi connectivity index (χ0) is 13.7. The summed E-state index contributed by atoms with van der Waals surface area (Å²) in [7, 11) is 1.33. The normalized spacial score (nSPS) is 11.8. The van der Waals surface area contributed by atoms with Crippen LogP contribution in [0.4, 0.5) is 0 Å². The molecule has 98 valence electrons. The third-order valence-electron chi connectivity index (χ3n) is 2.41. The second-order valence-corrected chi connectivity index (χ2v) is 5.97. The molecule has 4 nitrogen and oxygen atoms in total. The van der Waals surface area contributed by atoms with Gasteiger partial charge in [0.15, 0.2) is 0 Å². The Labute approximate surface area is 128 Å². The topological polar surface area (TPSA) is 55.4 Å². The zero-order valence-electron chi connectivity index (χ0n) is 10.00. The van der Waals surface area contributed by atoms with Crippen LogP contribution in [0.25, 0.3) is 0 Å². The first-order chi connectivity index (χ1) is 8.47. The molecule has 1 amide bonds. The lowest BCUT2D eigenvalue weighted by Crippen LogP contribution is -2.34. The molecule has 0 heterocycles. The number of hydrogen-bond acceptors (Lipinski definition) is 3. The summed E-state index contributed by atoms with van der Waals surface area (Å²) >= 11 is 5.31. The average molecular weight is 426 g/mol. The molecule has 18 heavy (non-hydrogen) atoms. The SMILES string of the molecule is COC(=O)C(I)CNC(=O)c1cccc(Br)c1C. The lowest BCUT2D eigenvalue weighted by atomic mass is 10.1. The summed E-state index contributed by atoms with van der Waals surface area (Å²) < 4.78 is 5.09. The van der Waals surface area contributed by atoms with Crippen molar-refractivity contribution in [2.45, 2.75) is 10.8 Å². The average Bonchev–Trinajstić information content (AvgIpc) is 2.37. The Morgan fingerprint density at radius 1 is 1.50 bits per heavy atom. The fraction of sp³-hybridized carbons (Fsp3) is 0.333. The number of halogens is 2. The second kappa shape index (κ2) is 7.08. The molecule has 0 fully saturated rings. The Balaban J connectivity index is 2.66. The number of carbonyl (C=O) groups is 2. The van der Waals surface area contributed by atoms with Crippen LogP contribution < -0.4 is 5.32 Å². The fourth-order valence-corrected chi connectivity index (χ4v) is 2.18. The quantitative estimate of drug-likeness (QED) is 0.458. The van der Waals surface area contributed by atoms with E-state index in [0.29, 0.717) is 5.56 Å². The lowest BCUT2D eigenvalue weighted by Gasteiger charge is -2.11. The summed E-state index contributed by atoms with van der Waals surface area (Å²) in [6.45, 7) is 2.11. The van der Waals surface area contributed by atoms with Crippen LogP contribution in [-0.2, 0) is 9.53 Å². The number of nitrogens with one attached hydrogen (secondary N) is 1. The fourth-order valence-electron chi connectivity index (χ4n) is 1.34. The summed E-state index contributed by atoms with van der Waals surface area (Å²) in [5.41, 5.74) is 1.47. The molecular weight excluding hydrogens is 413 g/mol. The van der Waals surface area contributed by atoms with Crippen LogP contribution in [0, 0.1) is 6.92 Å². The molecule has 0 aliphatic carbocycles. The van der Waals surface area contributed by atoms with Gasteiger partial charge < -0.3 is 10.1 Å². The van der Waals surface area contributed by atoms with E-state index >= 15 is 0 Å². The van der Waals surface area contributed by atoms with Crippen LogP contribution in [0.2, 0.25) is 0 Å². The molecule has 1 aromatic carbocycles. The van der Waals surface area contributed by atoms with Gasteiger partial charge in [-0.25, -0.2) is 0 Å². The maximum Gasteiger partial charge on any atom is 0.320 e. The Bertz CT molecular complexity index is 465. The number of alkyl halides is 1. The minimum atomic E-state index is -0.385. The van der Waals surface area contributed by atoms with E-state index in [2.05, 4.69) is 26.0 Å². The van der Waals surface area contributed by atoms with Crippen molar-refractivity contribution >= 4 is 50.4 Å². The van der Waals surface area contributed by atoms with E-state index in [1.54, 1.807) is 12.1 Å². The molecule has 0 aliphatic rings. The summed E-state index contributed by atoms with van der Waals surface area (Å²) in [6, 6.07) is 5.42. The first kappa shape index (κ1) is 15.4. The highest BCUT2D eigenvalue weighted by Gasteiger charge is 2.17. The predicted molar refractivity (Wildman–Crippen MR) is 81.0 cm³/mol. The third-order valence-corrected chi connectivity index (χ3v) is 4.22. The van der Waals surface area contributed by atoms with Gasteiger partial charge in [0.25, 0.3) is 5.91 Å². The Hall–Kier alpha value is -0.630. The van der Waals surface area contributed by atoms with Crippen molar-refractivity contribution in [3.05, 3.63) is 33.8 Å². The van der Waals surface area contributed by atoms with E-state index < -0.39 is 0 Å². The molecule has 0 radical (unpaired) electrons. The number of amides is 1. The highest BCUT2D eigenvalue weighted by Crippen LogP contribution is 2.19. The van der Waals surface area contributed by atoms with Crippen molar-refractivity contribution in [3.63, 3.8) is 0 Å². The van der Waals surface area contributed by atoms with Gasteiger partial charge in [0.1, 0.15) is 3.92 Å². The number of hydrogen-bond donors (Lipinski definition) is 1. The maximum absolute atomic E-state index is 11.9. The highest BCUT2D eigenvalue weighted by atomic mass is 127. The van der Waals surface area contributed by atoms with Crippen LogP contribution in [0.3, 0.4) is 0 Å². The standard InChI is InChI=1S/C12H13BrINO3/c1-7-8(4-3-5-9(7)13)11(16)15-6-10(14)12(17)18-2/h3-5,10H,6H2,1-2H3,(H,15,16).